The standard InChI is InChI=1S/C42H52/c1-8-36(28(5)26(3)27(4)29-16-10-9-11-17-29)42(6,7)41-33-21-15-14-20-32(33)39-34-23-22-25(2)37(34)38-31-19-13-12-18-30(31)24-35(38)40(39)41/h9-11,14-17,20-21,25-26,28,30-31,36,41H,4,8,12-13,18-19,22-24H2,1-3,5-7H3. The Hall–Kier alpha value is -2.60. The molecule has 7 unspecified atom stereocenters. The fraction of sp³-hybridized carbons (Fsp3) is 0.524. The van der Waals surface area contributed by atoms with Crippen LogP contribution in [0.25, 0.3) is 16.7 Å². The van der Waals surface area contributed by atoms with Gasteiger partial charge in [-0.3, -0.25) is 0 Å². The molecule has 0 bridgehead atoms. The number of allylic oxidation sites excluding steroid dienone is 1. The molecule has 0 nitrogen and oxygen atoms in total. The zero-order chi connectivity index (χ0) is 29.3. The van der Waals surface area contributed by atoms with Crippen LogP contribution >= 0.6 is 0 Å². The van der Waals surface area contributed by atoms with Gasteiger partial charge in [0.05, 0.1) is 0 Å². The molecule has 0 N–H and O–H groups in total. The third kappa shape index (κ3) is 4.07. The average Bonchev–Trinajstić information content (AvgIpc) is 3.68. The fourth-order valence-corrected chi connectivity index (χ4v) is 10.9. The van der Waals surface area contributed by atoms with Crippen LogP contribution in [0.4, 0.5) is 0 Å². The summed E-state index contributed by atoms with van der Waals surface area (Å²) in [6.45, 7) is 19.9. The van der Waals surface area contributed by atoms with Crippen molar-refractivity contribution in [3.8, 4) is 11.1 Å². The van der Waals surface area contributed by atoms with Gasteiger partial charge in [0.1, 0.15) is 0 Å². The summed E-state index contributed by atoms with van der Waals surface area (Å²) in [5.41, 5.74) is 16.6. The monoisotopic (exact) mass is 556 g/mol. The lowest BCUT2D eigenvalue weighted by atomic mass is 9.58. The highest BCUT2D eigenvalue weighted by molar-refractivity contribution is 5.86. The molecule has 3 aromatic rings. The molecular weight excluding hydrogens is 504 g/mol. The minimum Gasteiger partial charge on any atom is -0.0950 e. The molecule has 7 atom stereocenters. The summed E-state index contributed by atoms with van der Waals surface area (Å²) in [5, 5.41) is 0. The fourth-order valence-electron chi connectivity index (χ4n) is 10.9. The van der Waals surface area contributed by atoms with Crippen molar-refractivity contribution in [3.05, 3.63) is 100 Å². The van der Waals surface area contributed by atoms with E-state index in [1.165, 1.54) is 62.5 Å². The van der Waals surface area contributed by atoms with Crippen molar-refractivity contribution in [2.75, 3.05) is 0 Å². The van der Waals surface area contributed by atoms with E-state index in [0.29, 0.717) is 29.6 Å². The van der Waals surface area contributed by atoms with Crippen LogP contribution in [0.3, 0.4) is 0 Å². The molecular formula is C42H52. The highest BCUT2D eigenvalue weighted by Gasteiger charge is 2.51. The van der Waals surface area contributed by atoms with Crippen molar-refractivity contribution in [3.63, 3.8) is 0 Å². The normalized spacial score (nSPS) is 26.0. The summed E-state index contributed by atoms with van der Waals surface area (Å²) in [6.07, 6.45) is 10.8. The van der Waals surface area contributed by atoms with E-state index < -0.39 is 0 Å². The van der Waals surface area contributed by atoms with Gasteiger partial charge in [-0.25, -0.2) is 0 Å². The van der Waals surface area contributed by atoms with E-state index >= 15 is 0 Å². The third-order valence-corrected chi connectivity index (χ3v) is 13.0. The van der Waals surface area contributed by atoms with Gasteiger partial charge in [0.2, 0.25) is 0 Å². The van der Waals surface area contributed by atoms with Crippen LogP contribution in [-0.2, 0) is 12.8 Å². The maximum Gasteiger partial charge on any atom is 0.0158 e. The van der Waals surface area contributed by atoms with Crippen LogP contribution in [0.15, 0.2) is 61.2 Å². The van der Waals surface area contributed by atoms with Crippen LogP contribution < -0.4 is 0 Å². The first kappa shape index (κ1) is 28.2. The molecule has 220 valence electrons. The Bertz CT molecular complexity index is 1500. The number of hydrogen-bond acceptors (Lipinski definition) is 0. The lowest BCUT2D eigenvalue weighted by Crippen LogP contribution is -2.37. The number of fused-ring (bicyclic) bond motifs is 10. The van der Waals surface area contributed by atoms with Gasteiger partial charge in [-0.15, -0.1) is 0 Å². The molecule has 0 aromatic heterocycles. The van der Waals surface area contributed by atoms with Gasteiger partial charge in [-0.1, -0.05) is 122 Å². The van der Waals surface area contributed by atoms with Crippen molar-refractivity contribution < 1.29 is 0 Å². The third-order valence-electron chi connectivity index (χ3n) is 13.0. The van der Waals surface area contributed by atoms with E-state index in [1.807, 2.05) is 11.1 Å². The molecule has 7 rings (SSSR count). The van der Waals surface area contributed by atoms with Gasteiger partial charge in [0, 0.05) is 5.92 Å². The Morgan fingerprint density at radius 1 is 0.881 bits per heavy atom. The first-order valence-corrected chi connectivity index (χ1v) is 17.3. The van der Waals surface area contributed by atoms with Crippen LogP contribution in [0.5, 0.6) is 0 Å². The lowest BCUT2D eigenvalue weighted by molar-refractivity contribution is 0.105. The first-order valence-electron chi connectivity index (χ1n) is 17.3. The maximum atomic E-state index is 4.65. The lowest BCUT2D eigenvalue weighted by Gasteiger charge is -2.46. The van der Waals surface area contributed by atoms with Crippen molar-refractivity contribution >= 4 is 5.57 Å². The average molecular weight is 557 g/mol. The van der Waals surface area contributed by atoms with E-state index in [0.717, 1.165) is 11.8 Å². The van der Waals surface area contributed by atoms with Crippen molar-refractivity contribution in [2.45, 2.75) is 111 Å². The van der Waals surface area contributed by atoms with E-state index in [2.05, 4.69) is 103 Å². The predicted molar refractivity (Wildman–Crippen MR) is 180 cm³/mol. The molecule has 0 heterocycles. The van der Waals surface area contributed by atoms with E-state index in [-0.39, 0.29) is 5.41 Å². The second-order valence-corrected chi connectivity index (χ2v) is 15.3. The predicted octanol–water partition coefficient (Wildman–Crippen LogP) is 11.7. The summed E-state index contributed by atoms with van der Waals surface area (Å²) in [6, 6.07) is 20.5. The van der Waals surface area contributed by atoms with Crippen LogP contribution in [0, 0.1) is 29.1 Å². The van der Waals surface area contributed by atoms with E-state index in [9.17, 15) is 0 Å². The Morgan fingerprint density at radius 2 is 1.60 bits per heavy atom. The van der Waals surface area contributed by atoms with Gasteiger partial charge in [0.25, 0.3) is 0 Å². The summed E-state index contributed by atoms with van der Waals surface area (Å²) in [4.78, 5) is 0. The summed E-state index contributed by atoms with van der Waals surface area (Å²) < 4.78 is 0. The second-order valence-electron chi connectivity index (χ2n) is 15.3. The molecule has 0 heteroatoms. The minimum atomic E-state index is 0.126. The summed E-state index contributed by atoms with van der Waals surface area (Å²) in [7, 11) is 0. The molecule has 42 heavy (non-hydrogen) atoms. The van der Waals surface area contributed by atoms with E-state index in [1.54, 1.807) is 33.4 Å². The van der Waals surface area contributed by atoms with Crippen LogP contribution in [0.2, 0.25) is 0 Å². The number of benzene rings is 3. The van der Waals surface area contributed by atoms with E-state index in [4.69, 9.17) is 0 Å². The Morgan fingerprint density at radius 3 is 2.36 bits per heavy atom. The van der Waals surface area contributed by atoms with Crippen molar-refractivity contribution in [1.82, 2.24) is 0 Å². The second kappa shape index (κ2) is 10.5. The van der Waals surface area contributed by atoms with Gasteiger partial charge < -0.3 is 0 Å². The maximum absolute atomic E-state index is 4.65. The molecule has 1 saturated carbocycles. The highest BCUT2D eigenvalue weighted by Crippen LogP contribution is 2.64. The van der Waals surface area contributed by atoms with Gasteiger partial charge in [-0.2, -0.15) is 0 Å². The van der Waals surface area contributed by atoms with Crippen LogP contribution in [-0.4, -0.2) is 0 Å². The molecule has 1 fully saturated rings. The summed E-state index contributed by atoms with van der Waals surface area (Å²) >= 11 is 0. The minimum absolute atomic E-state index is 0.126. The quantitative estimate of drug-likeness (QED) is 0.271. The first-order chi connectivity index (χ1) is 20.3. The molecule has 4 aliphatic rings. The van der Waals surface area contributed by atoms with Gasteiger partial charge in [0.15, 0.2) is 0 Å². The number of rotatable bonds is 7. The summed E-state index contributed by atoms with van der Waals surface area (Å²) in [5.74, 6) is 4.43. The van der Waals surface area contributed by atoms with Gasteiger partial charge in [-0.05, 0) is 129 Å². The number of hydrogen-bond donors (Lipinski definition) is 0. The zero-order valence-electron chi connectivity index (χ0n) is 27.1. The van der Waals surface area contributed by atoms with Crippen molar-refractivity contribution in [1.29, 1.82) is 0 Å². The Labute approximate surface area is 256 Å². The smallest absolute Gasteiger partial charge is 0.0158 e. The Kier molecular flexibility index (Phi) is 7.07. The largest absolute Gasteiger partial charge is 0.0950 e. The Balaban J connectivity index is 1.38. The molecule has 0 amide bonds. The molecule has 3 aromatic carbocycles. The SMILES string of the molecule is C=C(c1ccccc1)C(C)C(C)C(CC)C(C)(C)C1c2ccccc2-c2c3c(c4c(c21)CC1CCCCC41)C(C)CC3. The molecule has 4 aliphatic carbocycles. The van der Waals surface area contributed by atoms with Gasteiger partial charge >= 0.3 is 0 Å². The molecule has 0 aliphatic heterocycles. The molecule has 0 radical (unpaired) electrons. The highest BCUT2D eigenvalue weighted by atomic mass is 14.5. The van der Waals surface area contributed by atoms with Crippen LogP contribution in [0.1, 0.15) is 137 Å². The zero-order valence-corrected chi connectivity index (χ0v) is 27.1. The molecule has 0 saturated heterocycles. The molecule has 0 spiro atoms. The van der Waals surface area contributed by atoms with Crippen molar-refractivity contribution in [2.24, 2.45) is 29.1 Å². The topological polar surface area (TPSA) is 0 Å².